The Hall–Kier alpha value is -1.55. The molecule has 0 radical (unpaired) electrons. The first kappa shape index (κ1) is 12.9. The molecule has 4 heteroatoms. The van der Waals surface area contributed by atoms with E-state index in [0.29, 0.717) is 6.54 Å². The maximum absolute atomic E-state index is 5.66. The van der Waals surface area contributed by atoms with Crippen LogP contribution in [0.5, 0.6) is 5.75 Å². The van der Waals surface area contributed by atoms with Gasteiger partial charge in [0.05, 0.1) is 18.1 Å². The van der Waals surface area contributed by atoms with Crippen molar-refractivity contribution in [3.05, 3.63) is 24.0 Å². The van der Waals surface area contributed by atoms with Crippen LogP contribution in [0.3, 0.4) is 0 Å². The fourth-order valence-corrected chi connectivity index (χ4v) is 2.17. The second kappa shape index (κ2) is 5.87. The smallest absolute Gasteiger partial charge is 0.121 e. The van der Waals surface area contributed by atoms with Crippen molar-refractivity contribution in [2.45, 2.75) is 32.7 Å². The average Bonchev–Trinajstić information content (AvgIpc) is 2.73. The summed E-state index contributed by atoms with van der Waals surface area (Å²) in [6, 6.07) is 6.05. The lowest BCUT2D eigenvalue weighted by atomic mass is 10.3. The summed E-state index contributed by atoms with van der Waals surface area (Å²) in [5, 5.41) is 0. The third-order valence-electron chi connectivity index (χ3n) is 3.14. The molecule has 2 rings (SSSR count). The minimum atomic E-state index is 0.632. The van der Waals surface area contributed by atoms with E-state index in [1.165, 1.54) is 11.9 Å². The number of rotatable bonds is 6. The molecule has 0 aliphatic rings. The number of nitrogens with zero attached hydrogens (tertiary/aromatic N) is 2. The van der Waals surface area contributed by atoms with Crippen LogP contribution in [-0.2, 0) is 13.0 Å². The Kier molecular flexibility index (Phi) is 4.20. The van der Waals surface area contributed by atoms with Gasteiger partial charge in [-0.25, -0.2) is 4.98 Å². The van der Waals surface area contributed by atoms with Crippen LogP contribution >= 0.6 is 0 Å². The molecule has 1 aromatic carbocycles. The highest BCUT2D eigenvalue weighted by Crippen LogP contribution is 2.22. The number of nitrogens with two attached hydrogens (primary N) is 1. The molecule has 0 saturated heterocycles. The molecule has 4 nitrogen and oxygen atoms in total. The van der Waals surface area contributed by atoms with Crippen LogP contribution in [0.25, 0.3) is 11.0 Å². The van der Waals surface area contributed by atoms with Gasteiger partial charge in [0.2, 0.25) is 0 Å². The summed E-state index contributed by atoms with van der Waals surface area (Å²) in [5.41, 5.74) is 7.83. The van der Waals surface area contributed by atoms with Gasteiger partial charge in [0.15, 0.2) is 0 Å². The second-order valence-electron chi connectivity index (χ2n) is 4.43. The first-order chi connectivity index (χ1) is 8.80. The van der Waals surface area contributed by atoms with Crippen molar-refractivity contribution in [3.8, 4) is 5.75 Å². The summed E-state index contributed by atoms with van der Waals surface area (Å²) in [4.78, 5) is 4.67. The molecule has 1 heterocycles. The summed E-state index contributed by atoms with van der Waals surface area (Å²) in [5.74, 6) is 1.93. The largest absolute Gasteiger partial charge is 0.497 e. The molecule has 0 spiro atoms. The minimum absolute atomic E-state index is 0.632. The van der Waals surface area contributed by atoms with Crippen LogP contribution in [0.2, 0.25) is 0 Å². The van der Waals surface area contributed by atoms with Gasteiger partial charge < -0.3 is 15.0 Å². The predicted octanol–water partition coefficient (Wildman–Crippen LogP) is 2.35. The zero-order valence-electron chi connectivity index (χ0n) is 11.1. The summed E-state index contributed by atoms with van der Waals surface area (Å²) >= 11 is 0. The number of aryl methyl sites for hydroxylation is 1. The van der Waals surface area contributed by atoms with Gasteiger partial charge in [0.1, 0.15) is 11.6 Å². The van der Waals surface area contributed by atoms with E-state index < -0.39 is 0 Å². The molecule has 0 atom stereocenters. The number of fused-ring (bicyclic) bond motifs is 1. The van der Waals surface area contributed by atoms with Crippen LogP contribution in [0.15, 0.2) is 18.2 Å². The summed E-state index contributed by atoms with van der Waals surface area (Å²) < 4.78 is 7.52. The lowest BCUT2D eigenvalue weighted by molar-refractivity contribution is 0.415. The summed E-state index contributed by atoms with van der Waals surface area (Å²) in [7, 11) is 1.68. The molecule has 0 bridgehead atoms. The molecule has 0 unspecified atom stereocenters. The fraction of sp³-hybridized carbons (Fsp3) is 0.500. The monoisotopic (exact) mass is 247 g/mol. The minimum Gasteiger partial charge on any atom is -0.497 e. The Labute approximate surface area is 108 Å². The Morgan fingerprint density at radius 2 is 2.22 bits per heavy atom. The zero-order valence-corrected chi connectivity index (χ0v) is 11.1. The lowest BCUT2D eigenvalue weighted by Gasteiger charge is -2.07. The Morgan fingerprint density at radius 1 is 1.39 bits per heavy atom. The number of hydrogen-bond donors (Lipinski definition) is 1. The van der Waals surface area contributed by atoms with Gasteiger partial charge in [0, 0.05) is 19.0 Å². The Morgan fingerprint density at radius 3 is 2.89 bits per heavy atom. The van der Waals surface area contributed by atoms with Crippen LogP contribution in [0.1, 0.15) is 25.6 Å². The van der Waals surface area contributed by atoms with Crippen molar-refractivity contribution < 1.29 is 4.74 Å². The SMILES string of the molecule is CCCCn1c(CCN)nc2cc(OC)ccc21. The number of unbranched alkanes of at least 4 members (excludes halogenated alkanes) is 1. The van der Waals surface area contributed by atoms with Crippen molar-refractivity contribution in [1.29, 1.82) is 0 Å². The summed E-state index contributed by atoms with van der Waals surface area (Å²) in [6.07, 6.45) is 3.16. The van der Waals surface area contributed by atoms with Crippen molar-refractivity contribution in [2.75, 3.05) is 13.7 Å². The van der Waals surface area contributed by atoms with Crippen molar-refractivity contribution in [3.63, 3.8) is 0 Å². The predicted molar refractivity (Wildman–Crippen MR) is 74.0 cm³/mol. The molecule has 2 N–H and O–H groups in total. The van der Waals surface area contributed by atoms with Gasteiger partial charge in [-0.05, 0) is 25.1 Å². The molecule has 18 heavy (non-hydrogen) atoms. The van der Waals surface area contributed by atoms with Crippen molar-refractivity contribution >= 4 is 11.0 Å². The number of aromatic nitrogens is 2. The van der Waals surface area contributed by atoms with Crippen molar-refractivity contribution in [2.24, 2.45) is 5.73 Å². The molecule has 0 aliphatic heterocycles. The molecule has 2 aromatic rings. The van der Waals surface area contributed by atoms with Gasteiger partial charge in [-0.1, -0.05) is 13.3 Å². The maximum Gasteiger partial charge on any atom is 0.121 e. The highest BCUT2D eigenvalue weighted by atomic mass is 16.5. The lowest BCUT2D eigenvalue weighted by Crippen LogP contribution is -2.10. The standard InChI is InChI=1S/C14H21N3O/c1-3-4-9-17-13-6-5-11(18-2)10-12(13)16-14(17)7-8-15/h5-6,10H,3-4,7-9,15H2,1-2H3. The molecule has 1 aromatic heterocycles. The third-order valence-corrected chi connectivity index (χ3v) is 3.14. The topological polar surface area (TPSA) is 53.1 Å². The van der Waals surface area contributed by atoms with Crippen LogP contribution in [0, 0.1) is 0 Å². The van der Waals surface area contributed by atoms with Gasteiger partial charge in [-0.2, -0.15) is 0 Å². The molecule has 0 aliphatic carbocycles. The van der Waals surface area contributed by atoms with Crippen LogP contribution < -0.4 is 10.5 Å². The van der Waals surface area contributed by atoms with Crippen LogP contribution in [-0.4, -0.2) is 23.2 Å². The van der Waals surface area contributed by atoms with Gasteiger partial charge in [0.25, 0.3) is 0 Å². The van der Waals surface area contributed by atoms with E-state index in [2.05, 4.69) is 22.5 Å². The quantitative estimate of drug-likeness (QED) is 0.852. The fourth-order valence-electron chi connectivity index (χ4n) is 2.17. The average molecular weight is 247 g/mol. The van der Waals surface area contributed by atoms with Gasteiger partial charge in [-0.3, -0.25) is 0 Å². The number of benzene rings is 1. The molecular weight excluding hydrogens is 226 g/mol. The number of methoxy groups -OCH3 is 1. The van der Waals surface area contributed by atoms with E-state index in [0.717, 1.165) is 36.5 Å². The van der Waals surface area contributed by atoms with E-state index >= 15 is 0 Å². The first-order valence-corrected chi connectivity index (χ1v) is 6.53. The van der Waals surface area contributed by atoms with E-state index in [4.69, 9.17) is 10.5 Å². The van der Waals surface area contributed by atoms with E-state index in [1.807, 2.05) is 12.1 Å². The molecule has 0 fully saturated rings. The van der Waals surface area contributed by atoms with Gasteiger partial charge in [-0.15, -0.1) is 0 Å². The Bertz CT molecular complexity index is 519. The van der Waals surface area contributed by atoms with Gasteiger partial charge >= 0.3 is 0 Å². The molecule has 0 amide bonds. The zero-order chi connectivity index (χ0) is 13.0. The first-order valence-electron chi connectivity index (χ1n) is 6.53. The van der Waals surface area contributed by atoms with Crippen LogP contribution in [0.4, 0.5) is 0 Å². The highest BCUT2D eigenvalue weighted by molar-refractivity contribution is 5.77. The summed E-state index contributed by atoms with van der Waals surface area (Å²) in [6.45, 7) is 3.84. The van der Waals surface area contributed by atoms with E-state index in [-0.39, 0.29) is 0 Å². The number of ether oxygens (including phenoxy) is 1. The molecule has 0 saturated carbocycles. The van der Waals surface area contributed by atoms with Crippen molar-refractivity contribution in [1.82, 2.24) is 9.55 Å². The number of hydrogen-bond acceptors (Lipinski definition) is 3. The van der Waals surface area contributed by atoms with E-state index in [1.54, 1.807) is 7.11 Å². The third kappa shape index (κ3) is 2.48. The molecular formula is C14H21N3O. The number of imidazole rings is 1. The normalized spacial score (nSPS) is 11.1. The molecule has 98 valence electrons. The maximum atomic E-state index is 5.66. The highest BCUT2D eigenvalue weighted by Gasteiger charge is 2.10. The second-order valence-corrected chi connectivity index (χ2v) is 4.43. The Balaban J connectivity index is 2.45. The van der Waals surface area contributed by atoms with E-state index in [9.17, 15) is 0 Å².